The molecule has 20 heavy (non-hydrogen) atoms. The molecule has 0 heterocycles. The molecule has 0 bridgehead atoms. The van der Waals surface area contributed by atoms with Crippen molar-refractivity contribution in [3.63, 3.8) is 0 Å². The van der Waals surface area contributed by atoms with Gasteiger partial charge in [0.25, 0.3) is 0 Å². The monoisotopic (exact) mass is 279 g/mol. The van der Waals surface area contributed by atoms with E-state index in [0.717, 1.165) is 16.9 Å². The summed E-state index contributed by atoms with van der Waals surface area (Å²) in [5, 5.41) is 12.3. The summed E-state index contributed by atoms with van der Waals surface area (Å²) in [7, 11) is 0. The Hall–Kier alpha value is -1.55. The lowest BCUT2D eigenvalue weighted by molar-refractivity contribution is -0.144. The van der Waals surface area contributed by atoms with E-state index in [2.05, 4.69) is 24.4 Å². The first-order valence-electron chi connectivity index (χ1n) is 6.99. The number of carboxylic acids is 1. The molecule has 0 amide bonds. The number of rotatable bonds is 7. The van der Waals surface area contributed by atoms with Crippen LogP contribution in [-0.2, 0) is 4.79 Å². The van der Waals surface area contributed by atoms with Crippen molar-refractivity contribution in [3.8, 4) is 5.75 Å². The van der Waals surface area contributed by atoms with Gasteiger partial charge in [-0.15, -0.1) is 0 Å². The fourth-order valence-electron chi connectivity index (χ4n) is 2.41. The second-order valence-corrected chi connectivity index (χ2v) is 5.49. The van der Waals surface area contributed by atoms with Gasteiger partial charge in [0.15, 0.2) is 0 Å². The smallest absolute Gasteiger partial charge is 0.323 e. The highest BCUT2D eigenvalue weighted by Crippen LogP contribution is 2.25. The third-order valence-corrected chi connectivity index (χ3v) is 3.49. The van der Waals surface area contributed by atoms with E-state index in [4.69, 9.17) is 4.74 Å². The molecule has 0 saturated carbocycles. The molecule has 1 unspecified atom stereocenters. The molecule has 0 radical (unpaired) electrons. The molecule has 1 rings (SSSR count). The molecule has 1 aromatic rings. The molecule has 4 heteroatoms. The summed E-state index contributed by atoms with van der Waals surface area (Å²) in [6.45, 7) is 10.7. The minimum absolute atomic E-state index is 0.376. The number of hydrogen-bond donors (Lipinski definition) is 2. The van der Waals surface area contributed by atoms with Crippen molar-refractivity contribution in [2.45, 2.75) is 46.6 Å². The van der Waals surface area contributed by atoms with Crippen LogP contribution in [0, 0.1) is 20.8 Å². The molecule has 0 aromatic heterocycles. The van der Waals surface area contributed by atoms with Crippen LogP contribution in [0.2, 0.25) is 0 Å². The van der Waals surface area contributed by atoms with Crippen molar-refractivity contribution in [3.05, 3.63) is 28.8 Å². The lowest BCUT2D eigenvalue weighted by Crippen LogP contribution is -2.50. The van der Waals surface area contributed by atoms with E-state index in [1.165, 1.54) is 5.56 Å². The molecule has 0 aliphatic rings. The second-order valence-electron chi connectivity index (χ2n) is 5.49. The minimum atomic E-state index is -0.943. The molecular weight excluding hydrogens is 254 g/mol. The summed E-state index contributed by atoms with van der Waals surface area (Å²) < 4.78 is 5.81. The molecule has 0 aliphatic heterocycles. The van der Waals surface area contributed by atoms with Gasteiger partial charge in [-0.05, 0) is 45.4 Å². The molecule has 4 nitrogen and oxygen atoms in total. The minimum Gasteiger partial charge on any atom is -0.493 e. The van der Waals surface area contributed by atoms with E-state index >= 15 is 0 Å². The number of hydrogen-bond acceptors (Lipinski definition) is 3. The number of likely N-dealkylation sites (N-methyl/N-ethyl adjacent to an activating group) is 1. The number of aliphatic carboxylic acids is 1. The Kier molecular flexibility index (Phi) is 5.57. The zero-order chi connectivity index (χ0) is 15.3. The number of benzene rings is 1. The van der Waals surface area contributed by atoms with E-state index in [1.54, 1.807) is 6.92 Å². The van der Waals surface area contributed by atoms with Gasteiger partial charge in [-0.25, -0.2) is 0 Å². The summed E-state index contributed by atoms with van der Waals surface area (Å²) in [6.07, 6.45) is 0.420. The highest BCUT2D eigenvalue weighted by molar-refractivity contribution is 5.78. The third-order valence-electron chi connectivity index (χ3n) is 3.49. The zero-order valence-electron chi connectivity index (χ0n) is 13.0. The summed E-state index contributed by atoms with van der Waals surface area (Å²) in [4.78, 5) is 11.3. The molecule has 1 atom stereocenters. The van der Waals surface area contributed by atoms with Crippen LogP contribution < -0.4 is 10.1 Å². The van der Waals surface area contributed by atoms with Gasteiger partial charge in [0, 0.05) is 6.42 Å². The van der Waals surface area contributed by atoms with Gasteiger partial charge >= 0.3 is 5.97 Å². The van der Waals surface area contributed by atoms with Crippen LogP contribution in [0.3, 0.4) is 0 Å². The van der Waals surface area contributed by atoms with Gasteiger partial charge in [0.1, 0.15) is 11.3 Å². The van der Waals surface area contributed by atoms with E-state index in [-0.39, 0.29) is 0 Å². The maximum absolute atomic E-state index is 11.3. The number of aryl methyl sites for hydroxylation is 3. The predicted molar refractivity (Wildman–Crippen MR) is 80.5 cm³/mol. The predicted octanol–water partition coefficient (Wildman–Crippen LogP) is 2.83. The first-order chi connectivity index (χ1) is 9.30. The topological polar surface area (TPSA) is 58.6 Å². The number of carboxylic acid groups (broad SMARTS) is 1. The first kappa shape index (κ1) is 16.5. The largest absolute Gasteiger partial charge is 0.493 e. The summed E-state index contributed by atoms with van der Waals surface area (Å²) in [6, 6.07) is 4.14. The van der Waals surface area contributed by atoms with Gasteiger partial charge in [0.05, 0.1) is 6.61 Å². The quantitative estimate of drug-likeness (QED) is 0.806. The van der Waals surface area contributed by atoms with Crippen LogP contribution >= 0.6 is 0 Å². The molecule has 1 aromatic carbocycles. The van der Waals surface area contributed by atoms with Gasteiger partial charge in [-0.1, -0.05) is 24.6 Å². The van der Waals surface area contributed by atoms with Crippen molar-refractivity contribution < 1.29 is 14.6 Å². The van der Waals surface area contributed by atoms with Gasteiger partial charge < -0.3 is 15.2 Å². The Morgan fingerprint density at radius 3 is 2.30 bits per heavy atom. The number of carbonyl (C=O) groups is 1. The summed E-state index contributed by atoms with van der Waals surface area (Å²) >= 11 is 0. The Morgan fingerprint density at radius 2 is 1.85 bits per heavy atom. The third kappa shape index (κ3) is 3.97. The zero-order valence-corrected chi connectivity index (χ0v) is 13.0. The molecule has 2 N–H and O–H groups in total. The highest BCUT2D eigenvalue weighted by Gasteiger charge is 2.31. The fraction of sp³-hybridized carbons (Fsp3) is 0.562. The van der Waals surface area contributed by atoms with Crippen LogP contribution in [0.4, 0.5) is 0 Å². The highest BCUT2D eigenvalue weighted by atomic mass is 16.5. The normalized spacial score (nSPS) is 13.8. The lowest BCUT2D eigenvalue weighted by Gasteiger charge is -2.26. The first-order valence-corrected chi connectivity index (χ1v) is 6.99. The van der Waals surface area contributed by atoms with Gasteiger partial charge in [-0.2, -0.15) is 0 Å². The summed E-state index contributed by atoms with van der Waals surface area (Å²) in [5.74, 6) is 0.0140. The average Bonchev–Trinajstić information content (AvgIpc) is 2.32. The molecule has 0 fully saturated rings. The fourth-order valence-corrected chi connectivity index (χ4v) is 2.41. The second kappa shape index (κ2) is 6.75. The van der Waals surface area contributed by atoms with Gasteiger partial charge in [-0.3, -0.25) is 4.79 Å². The van der Waals surface area contributed by atoms with Crippen LogP contribution in [0.25, 0.3) is 0 Å². The van der Waals surface area contributed by atoms with Crippen LogP contribution in [0.5, 0.6) is 5.75 Å². The van der Waals surface area contributed by atoms with Crippen molar-refractivity contribution >= 4 is 5.97 Å². The van der Waals surface area contributed by atoms with E-state index in [0.29, 0.717) is 19.6 Å². The van der Waals surface area contributed by atoms with Gasteiger partial charge in [0.2, 0.25) is 0 Å². The Bertz CT molecular complexity index is 462. The van der Waals surface area contributed by atoms with Crippen molar-refractivity contribution in [2.75, 3.05) is 13.2 Å². The molecule has 112 valence electrons. The molecular formula is C16H25NO3. The van der Waals surface area contributed by atoms with E-state index < -0.39 is 11.5 Å². The van der Waals surface area contributed by atoms with Crippen molar-refractivity contribution in [1.29, 1.82) is 0 Å². The van der Waals surface area contributed by atoms with E-state index in [1.807, 2.05) is 20.8 Å². The number of nitrogens with one attached hydrogen (secondary N) is 1. The van der Waals surface area contributed by atoms with Crippen molar-refractivity contribution in [1.82, 2.24) is 5.32 Å². The maximum Gasteiger partial charge on any atom is 0.323 e. The van der Waals surface area contributed by atoms with Crippen LogP contribution in [0.1, 0.15) is 37.0 Å². The molecule has 0 spiro atoms. The Labute approximate surface area is 121 Å². The summed E-state index contributed by atoms with van der Waals surface area (Å²) in [5.41, 5.74) is 2.43. The standard InChI is InChI=1S/C16H25NO3/c1-6-17-16(5,15(18)19)7-8-20-14-12(3)9-11(2)10-13(14)4/h9-10,17H,6-8H2,1-5H3,(H,18,19). The van der Waals surface area contributed by atoms with Crippen LogP contribution in [0.15, 0.2) is 12.1 Å². The Morgan fingerprint density at radius 1 is 1.30 bits per heavy atom. The maximum atomic E-state index is 11.3. The van der Waals surface area contributed by atoms with Crippen LogP contribution in [-0.4, -0.2) is 29.8 Å². The molecule has 0 aliphatic carbocycles. The lowest BCUT2D eigenvalue weighted by atomic mass is 9.98. The average molecular weight is 279 g/mol. The van der Waals surface area contributed by atoms with E-state index in [9.17, 15) is 9.90 Å². The number of ether oxygens (including phenoxy) is 1. The van der Waals surface area contributed by atoms with Crippen molar-refractivity contribution in [2.24, 2.45) is 0 Å². The SMILES string of the molecule is CCNC(C)(CCOc1c(C)cc(C)cc1C)C(=O)O. The Balaban J connectivity index is 2.71. The molecule has 0 saturated heterocycles.